The van der Waals surface area contributed by atoms with Crippen LogP contribution >= 0.6 is 0 Å². The summed E-state index contributed by atoms with van der Waals surface area (Å²) < 4.78 is 63.2. The van der Waals surface area contributed by atoms with Gasteiger partial charge in [-0.15, -0.1) is 0 Å². The Morgan fingerprint density at radius 3 is 1.75 bits per heavy atom. The number of hydrogen-bond acceptors (Lipinski definition) is 2. The third-order valence-corrected chi connectivity index (χ3v) is 2.93. The van der Waals surface area contributed by atoms with Crippen LogP contribution in [0.1, 0.15) is 31.2 Å². The van der Waals surface area contributed by atoms with Gasteiger partial charge in [0.05, 0.1) is 6.61 Å². The third-order valence-electron chi connectivity index (χ3n) is 2.93. The molecule has 0 aromatic heterocycles. The minimum Gasteiger partial charge on any atom is -0.487 e. The van der Waals surface area contributed by atoms with Gasteiger partial charge < -0.3 is 9.47 Å². The first-order valence-corrected chi connectivity index (χ1v) is 6.45. The van der Waals surface area contributed by atoms with Gasteiger partial charge in [-0.2, -0.15) is 8.78 Å². The fraction of sp³-hybridized carbons (Fsp3) is 0.571. The van der Waals surface area contributed by atoms with Crippen molar-refractivity contribution in [2.45, 2.75) is 32.6 Å². The van der Waals surface area contributed by atoms with Gasteiger partial charge in [-0.05, 0) is 26.2 Å². The molecule has 0 bridgehead atoms. The van der Waals surface area contributed by atoms with E-state index in [4.69, 9.17) is 9.47 Å². The second-order valence-electron chi connectivity index (χ2n) is 4.47. The van der Waals surface area contributed by atoms with E-state index in [-0.39, 0.29) is 6.61 Å². The molecule has 0 heterocycles. The molecule has 0 aliphatic rings. The van der Waals surface area contributed by atoms with E-state index in [1.165, 1.54) is 0 Å². The van der Waals surface area contributed by atoms with Gasteiger partial charge in [0.1, 0.15) is 0 Å². The summed E-state index contributed by atoms with van der Waals surface area (Å²) in [6.45, 7) is 1.62. The van der Waals surface area contributed by atoms with Gasteiger partial charge in [-0.1, -0.05) is 6.42 Å². The lowest BCUT2D eigenvalue weighted by Gasteiger charge is -2.11. The summed E-state index contributed by atoms with van der Waals surface area (Å²) in [6, 6.07) is 0. The molecule has 6 heteroatoms. The largest absolute Gasteiger partial charge is 0.487 e. The molecule has 114 valence electrons. The van der Waals surface area contributed by atoms with Crippen molar-refractivity contribution in [3.63, 3.8) is 0 Å². The standard InChI is InChI=1S/C14H18F4O2/c1-9-10(15)12(17)14(13(18)11(9)16)20-8-6-4-3-5-7-19-2/h3-8H2,1-2H3. The summed E-state index contributed by atoms with van der Waals surface area (Å²) in [5.74, 6) is -6.79. The maximum absolute atomic E-state index is 13.5. The zero-order chi connectivity index (χ0) is 15.1. The highest BCUT2D eigenvalue weighted by Gasteiger charge is 2.24. The van der Waals surface area contributed by atoms with Crippen LogP contribution in [-0.2, 0) is 4.74 Å². The summed E-state index contributed by atoms with van der Waals surface area (Å²) in [6.07, 6.45) is 3.09. The molecule has 2 nitrogen and oxygen atoms in total. The van der Waals surface area contributed by atoms with E-state index < -0.39 is 34.6 Å². The summed E-state index contributed by atoms with van der Waals surface area (Å²) in [4.78, 5) is 0. The number of benzene rings is 1. The molecule has 0 aliphatic carbocycles. The minimum atomic E-state index is -1.49. The summed E-state index contributed by atoms with van der Waals surface area (Å²) in [5.41, 5.74) is -0.688. The van der Waals surface area contributed by atoms with Crippen LogP contribution in [0, 0.1) is 30.2 Å². The van der Waals surface area contributed by atoms with Crippen LogP contribution in [-0.4, -0.2) is 20.3 Å². The van der Waals surface area contributed by atoms with Gasteiger partial charge in [0, 0.05) is 19.3 Å². The van der Waals surface area contributed by atoms with Crippen molar-refractivity contribution in [1.29, 1.82) is 0 Å². The van der Waals surface area contributed by atoms with Gasteiger partial charge in [0.25, 0.3) is 0 Å². The fourth-order valence-electron chi connectivity index (χ4n) is 1.72. The Balaban J connectivity index is 2.52. The first-order chi connectivity index (χ1) is 9.50. The molecule has 0 spiro atoms. The Morgan fingerprint density at radius 2 is 1.25 bits per heavy atom. The molecule has 0 atom stereocenters. The monoisotopic (exact) mass is 294 g/mol. The second kappa shape index (κ2) is 8.09. The van der Waals surface area contributed by atoms with E-state index >= 15 is 0 Å². The maximum Gasteiger partial charge on any atom is 0.204 e. The zero-order valence-corrected chi connectivity index (χ0v) is 11.6. The molecule has 1 aromatic carbocycles. The Kier molecular flexibility index (Phi) is 6.78. The van der Waals surface area contributed by atoms with Crippen LogP contribution in [0.2, 0.25) is 0 Å². The van der Waals surface area contributed by atoms with Crippen molar-refractivity contribution < 1.29 is 27.0 Å². The minimum absolute atomic E-state index is 0.00274. The molecule has 0 saturated heterocycles. The second-order valence-corrected chi connectivity index (χ2v) is 4.47. The van der Waals surface area contributed by atoms with Crippen molar-refractivity contribution in [2.24, 2.45) is 0 Å². The molecule has 20 heavy (non-hydrogen) atoms. The van der Waals surface area contributed by atoms with Crippen LogP contribution in [0.3, 0.4) is 0 Å². The molecule has 0 amide bonds. The molecule has 1 rings (SSSR count). The molecular weight excluding hydrogens is 276 g/mol. The third kappa shape index (κ3) is 4.10. The molecule has 0 fully saturated rings. The molecular formula is C14H18F4O2. The fourth-order valence-corrected chi connectivity index (χ4v) is 1.72. The van der Waals surface area contributed by atoms with Crippen LogP contribution in [0.15, 0.2) is 0 Å². The van der Waals surface area contributed by atoms with E-state index in [1.807, 2.05) is 0 Å². The highest BCUT2D eigenvalue weighted by molar-refractivity contribution is 5.33. The quantitative estimate of drug-likeness (QED) is 0.407. The normalized spacial score (nSPS) is 10.9. The lowest BCUT2D eigenvalue weighted by molar-refractivity contribution is 0.190. The summed E-state index contributed by atoms with van der Waals surface area (Å²) in [7, 11) is 1.61. The number of unbranched alkanes of at least 4 members (excludes halogenated alkanes) is 3. The van der Waals surface area contributed by atoms with Crippen molar-refractivity contribution in [1.82, 2.24) is 0 Å². The Hall–Kier alpha value is -1.30. The van der Waals surface area contributed by atoms with Crippen molar-refractivity contribution >= 4 is 0 Å². The van der Waals surface area contributed by atoms with Gasteiger partial charge in [0.2, 0.25) is 11.6 Å². The van der Waals surface area contributed by atoms with E-state index in [0.29, 0.717) is 13.0 Å². The van der Waals surface area contributed by atoms with E-state index in [0.717, 1.165) is 26.2 Å². The number of ether oxygens (including phenoxy) is 2. The molecule has 1 aromatic rings. The SMILES string of the molecule is COCCCCCCOc1c(F)c(F)c(C)c(F)c1F. The molecule has 0 N–H and O–H groups in total. The average Bonchev–Trinajstić information content (AvgIpc) is 2.45. The van der Waals surface area contributed by atoms with Crippen LogP contribution in [0.4, 0.5) is 17.6 Å². The Morgan fingerprint density at radius 1 is 0.750 bits per heavy atom. The topological polar surface area (TPSA) is 18.5 Å². The average molecular weight is 294 g/mol. The maximum atomic E-state index is 13.5. The number of methoxy groups -OCH3 is 1. The number of halogens is 4. The van der Waals surface area contributed by atoms with E-state index in [1.54, 1.807) is 7.11 Å². The van der Waals surface area contributed by atoms with Gasteiger partial charge in [-0.3, -0.25) is 0 Å². The van der Waals surface area contributed by atoms with Crippen LogP contribution in [0.25, 0.3) is 0 Å². The summed E-state index contributed by atoms with van der Waals surface area (Å²) in [5, 5.41) is 0. The first-order valence-electron chi connectivity index (χ1n) is 6.45. The highest BCUT2D eigenvalue weighted by atomic mass is 19.2. The Labute approximate surface area is 115 Å². The smallest absolute Gasteiger partial charge is 0.204 e. The van der Waals surface area contributed by atoms with Crippen molar-refractivity contribution in [3.05, 3.63) is 28.8 Å². The highest BCUT2D eigenvalue weighted by Crippen LogP contribution is 2.29. The molecule has 0 unspecified atom stereocenters. The van der Waals surface area contributed by atoms with E-state index in [9.17, 15) is 17.6 Å². The van der Waals surface area contributed by atoms with E-state index in [2.05, 4.69) is 0 Å². The van der Waals surface area contributed by atoms with Gasteiger partial charge in [0.15, 0.2) is 17.4 Å². The molecule has 0 radical (unpaired) electrons. The van der Waals surface area contributed by atoms with Gasteiger partial charge in [-0.25, -0.2) is 8.78 Å². The van der Waals surface area contributed by atoms with Crippen LogP contribution < -0.4 is 4.74 Å². The Bertz CT molecular complexity index is 420. The predicted octanol–water partition coefficient (Wildman–Crippen LogP) is 4.14. The van der Waals surface area contributed by atoms with Crippen LogP contribution in [0.5, 0.6) is 5.75 Å². The predicted molar refractivity (Wildman–Crippen MR) is 66.9 cm³/mol. The lowest BCUT2D eigenvalue weighted by Crippen LogP contribution is -2.07. The molecule has 0 aliphatic heterocycles. The number of hydrogen-bond donors (Lipinski definition) is 0. The van der Waals surface area contributed by atoms with Crippen molar-refractivity contribution in [3.8, 4) is 5.75 Å². The number of rotatable bonds is 8. The lowest BCUT2D eigenvalue weighted by atomic mass is 10.2. The summed E-state index contributed by atoms with van der Waals surface area (Å²) >= 11 is 0. The first kappa shape index (κ1) is 16.8. The molecule has 0 saturated carbocycles. The van der Waals surface area contributed by atoms with Crippen molar-refractivity contribution in [2.75, 3.05) is 20.3 Å². The van der Waals surface area contributed by atoms with Gasteiger partial charge >= 0.3 is 0 Å². The zero-order valence-electron chi connectivity index (χ0n) is 11.6.